The molecule has 0 radical (unpaired) electrons. The molecule has 0 aliphatic carbocycles. The monoisotopic (exact) mass is 342 g/mol. The lowest BCUT2D eigenvalue weighted by Gasteiger charge is -2.12. The van der Waals surface area contributed by atoms with E-state index in [2.05, 4.69) is 16.9 Å². The summed E-state index contributed by atoms with van der Waals surface area (Å²) >= 11 is 0. The molecular weight excluding hydrogens is 316 g/mol. The van der Waals surface area contributed by atoms with Crippen molar-refractivity contribution in [1.82, 2.24) is 9.97 Å². The Labute approximate surface area is 149 Å². The molecule has 5 heteroatoms. The van der Waals surface area contributed by atoms with Gasteiger partial charge in [-0.15, -0.1) is 0 Å². The van der Waals surface area contributed by atoms with E-state index >= 15 is 0 Å². The lowest BCUT2D eigenvalue weighted by molar-refractivity contribution is -0.145. The first-order valence-electron chi connectivity index (χ1n) is 8.80. The van der Waals surface area contributed by atoms with Gasteiger partial charge in [0.15, 0.2) is 11.6 Å². The minimum absolute atomic E-state index is 0.135. The van der Waals surface area contributed by atoms with Gasteiger partial charge >= 0.3 is 5.97 Å². The van der Waals surface area contributed by atoms with Gasteiger partial charge in [-0.2, -0.15) is 0 Å². The summed E-state index contributed by atoms with van der Waals surface area (Å²) in [6.45, 7) is 6.18. The predicted molar refractivity (Wildman–Crippen MR) is 97.4 cm³/mol. The number of ether oxygens (including phenoxy) is 2. The maximum Gasteiger partial charge on any atom is 0.302 e. The number of aromatic nitrogens is 2. The van der Waals surface area contributed by atoms with Crippen LogP contribution in [-0.4, -0.2) is 28.6 Å². The van der Waals surface area contributed by atoms with Crippen LogP contribution in [0.15, 0.2) is 36.7 Å². The molecule has 0 N–H and O–H groups in total. The largest absolute Gasteiger partial charge is 0.490 e. The molecule has 1 unspecified atom stereocenters. The molecule has 0 saturated heterocycles. The van der Waals surface area contributed by atoms with Crippen LogP contribution < -0.4 is 4.74 Å². The molecular formula is C20H26N2O3. The number of nitrogens with zero attached hydrogens (tertiary/aromatic N) is 2. The average molecular weight is 342 g/mol. The highest BCUT2D eigenvalue weighted by Gasteiger charge is 2.08. The summed E-state index contributed by atoms with van der Waals surface area (Å²) in [6.07, 6.45) is 7.37. The number of hydrogen-bond donors (Lipinski definition) is 0. The molecule has 1 aromatic heterocycles. The third kappa shape index (κ3) is 6.53. The van der Waals surface area contributed by atoms with Crippen LogP contribution in [0.25, 0.3) is 11.4 Å². The molecule has 0 bridgehead atoms. The second-order valence-electron chi connectivity index (χ2n) is 6.12. The Hall–Kier alpha value is -2.43. The molecule has 0 amide bonds. The first-order chi connectivity index (χ1) is 12.1. The Morgan fingerprint density at radius 1 is 1.12 bits per heavy atom. The van der Waals surface area contributed by atoms with E-state index in [1.165, 1.54) is 19.8 Å². The van der Waals surface area contributed by atoms with Crippen molar-refractivity contribution >= 4 is 5.97 Å². The minimum atomic E-state index is -0.255. The molecule has 1 aromatic carbocycles. The van der Waals surface area contributed by atoms with E-state index in [4.69, 9.17) is 9.47 Å². The molecule has 2 rings (SSSR count). The smallest absolute Gasteiger partial charge is 0.302 e. The van der Waals surface area contributed by atoms with Crippen LogP contribution in [-0.2, 0) is 16.0 Å². The number of benzene rings is 1. The van der Waals surface area contributed by atoms with Crippen molar-refractivity contribution < 1.29 is 14.3 Å². The minimum Gasteiger partial charge on any atom is -0.490 e. The third-order valence-corrected chi connectivity index (χ3v) is 3.75. The third-order valence-electron chi connectivity index (χ3n) is 3.75. The summed E-state index contributed by atoms with van der Waals surface area (Å²) in [5, 5.41) is 0. The Morgan fingerprint density at radius 2 is 1.80 bits per heavy atom. The van der Waals surface area contributed by atoms with Gasteiger partial charge < -0.3 is 9.47 Å². The summed E-state index contributed by atoms with van der Waals surface area (Å²) in [7, 11) is 0. The van der Waals surface area contributed by atoms with Crippen molar-refractivity contribution in [3.63, 3.8) is 0 Å². The average Bonchev–Trinajstić information content (AvgIpc) is 2.59. The van der Waals surface area contributed by atoms with Crippen LogP contribution in [0.4, 0.5) is 0 Å². The van der Waals surface area contributed by atoms with Gasteiger partial charge in [-0.1, -0.05) is 44.0 Å². The van der Waals surface area contributed by atoms with E-state index in [0.29, 0.717) is 24.6 Å². The van der Waals surface area contributed by atoms with Crippen molar-refractivity contribution in [1.29, 1.82) is 0 Å². The first kappa shape index (κ1) is 18.9. The number of unbranched alkanes of at least 4 members (excludes halogenated alkanes) is 2. The van der Waals surface area contributed by atoms with Crippen LogP contribution in [0.1, 0.15) is 45.6 Å². The van der Waals surface area contributed by atoms with Crippen molar-refractivity contribution in [2.45, 2.75) is 52.6 Å². The van der Waals surface area contributed by atoms with Gasteiger partial charge in [0.2, 0.25) is 0 Å². The molecule has 0 aliphatic heterocycles. The fourth-order valence-corrected chi connectivity index (χ4v) is 2.53. The predicted octanol–water partition coefficient (Wildman–Crippen LogP) is 4.21. The van der Waals surface area contributed by atoms with Gasteiger partial charge in [0.1, 0.15) is 6.10 Å². The van der Waals surface area contributed by atoms with E-state index in [-0.39, 0.29) is 12.1 Å². The summed E-state index contributed by atoms with van der Waals surface area (Å²) in [4.78, 5) is 19.7. The lowest BCUT2D eigenvalue weighted by atomic mass is 10.1. The number of carbonyl (C=O) groups is 1. The van der Waals surface area contributed by atoms with Gasteiger partial charge in [-0.05, 0) is 18.9 Å². The van der Waals surface area contributed by atoms with E-state index < -0.39 is 0 Å². The van der Waals surface area contributed by atoms with Crippen LogP contribution in [0, 0.1) is 0 Å². The summed E-state index contributed by atoms with van der Waals surface area (Å²) in [6, 6.07) is 7.97. The van der Waals surface area contributed by atoms with Gasteiger partial charge in [0, 0.05) is 18.9 Å². The molecule has 0 aliphatic rings. The Balaban J connectivity index is 1.91. The number of carbonyl (C=O) groups excluding carboxylic acids is 1. The highest BCUT2D eigenvalue weighted by atomic mass is 16.5. The van der Waals surface area contributed by atoms with E-state index in [1.54, 1.807) is 12.4 Å². The van der Waals surface area contributed by atoms with Crippen LogP contribution in [0.5, 0.6) is 5.75 Å². The van der Waals surface area contributed by atoms with E-state index in [0.717, 1.165) is 17.5 Å². The van der Waals surface area contributed by atoms with Gasteiger partial charge in [0.25, 0.3) is 0 Å². The molecule has 2 aromatic rings. The van der Waals surface area contributed by atoms with Gasteiger partial charge in [-0.3, -0.25) is 4.79 Å². The maximum atomic E-state index is 11.0. The van der Waals surface area contributed by atoms with E-state index in [1.807, 2.05) is 31.2 Å². The lowest BCUT2D eigenvalue weighted by Crippen LogP contribution is -2.14. The molecule has 134 valence electrons. The van der Waals surface area contributed by atoms with Gasteiger partial charge in [0.05, 0.1) is 19.0 Å². The zero-order chi connectivity index (χ0) is 18.1. The molecule has 0 spiro atoms. The van der Waals surface area contributed by atoms with Crippen LogP contribution in [0.3, 0.4) is 0 Å². The first-order valence-corrected chi connectivity index (χ1v) is 8.80. The van der Waals surface area contributed by atoms with Crippen LogP contribution >= 0.6 is 0 Å². The highest BCUT2D eigenvalue weighted by Crippen LogP contribution is 2.18. The van der Waals surface area contributed by atoms with E-state index in [9.17, 15) is 4.79 Å². The topological polar surface area (TPSA) is 61.3 Å². The number of rotatable bonds is 9. The zero-order valence-corrected chi connectivity index (χ0v) is 15.2. The SMILES string of the molecule is CCCCCOc1cnc(-c2ccc(CC(C)OC(C)=O)cc2)nc1. The number of esters is 1. The second-order valence-corrected chi connectivity index (χ2v) is 6.12. The normalized spacial score (nSPS) is 11.8. The molecule has 5 nitrogen and oxygen atoms in total. The second kappa shape index (κ2) is 9.77. The fourth-order valence-electron chi connectivity index (χ4n) is 2.53. The fraction of sp³-hybridized carbons (Fsp3) is 0.450. The molecule has 1 atom stereocenters. The molecule has 0 saturated carbocycles. The van der Waals surface area contributed by atoms with Crippen LogP contribution in [0.2, 0.25) is 0 Å². The quantitative estimate of drug-likeness (QED) is 0.505. The van der Waals surface area contributed by atoms with Crippen molar-refractivity contribution in [3.05, 3.63) is 42.2 Å². The van der Waals surface area contributed by atoms with Crippen molar-refractivity contribution in [2.24, 2.45) is 0 Å². The highest BCUT2D eigenvalue weighted by molar-refractivity contribution is 5.66. The van der Waals surface area contributed by atoms with Crippen molar-refractivity contribution in [3.8, 4) is 17.1 Å². The number of hydrogen-bond acceptors (Lipinski definition) is 5. The Morgan fingerprint density at radius 3 is 2.40 bits per heavy atom. The Kier molecular flexibility index (Phi) is 7.38. The van der Waals surface area contributed by atoms with Gasteiger partial charge in [-0.25, -0.2) is 9.97 Å². The summed E-state index contributed by atoms with van der Waals surface area (Å²) in [5.74, 6) is 1.11. The Bertz CT molecular complexity index is 654. The summed E-state index contributed by atoms with van der Waals surface area (Å²) in [5.41, 5.74) is 2.05. The zero-order valence-electron chi connectivity index (χ0n) is 15.2. The summed E-state index contributed by atoms with van der Waals surface area (Å²) < 4.78 is 10.8. The maximum absolute atomic E-state index is 11.0. The van der Waals surface area contributed by atoms with Crippen molar-refractivity contribution in [2.75, 3.05) is 6.61 Å². The molecule has 25 heavy (non-hydrogen) atoms. The molecule has 0 fully saturated rings. The standard InChI is InChI=1S/C20H26N2O3/c1-4-5-6-11-24-19-13-21-20(22-14-19)18-9-7-17(8-10-18)12-15(2)25-16(3)23/h7-10,13-15H,4-6,11-12H2,1-3H3. The molecule has 1 heterocycles.